The van der Waals surface area contributed by atoms with Crippen LogP contribution in [0.1, 0.15) is 44.9 Å². The molecule has 7 nitrogen and oxygen atoms in total. The van der Waals surface area contributed by atoms with Crippen molar-refractivity contribution in [2.75, 3.05) is 20.2 Å². The maximum atomic E-state index is 13.2. The number of methoxy groups -OCH3 is 1. The number of benzene rings is 1. The molecule has 2 heterocycles. The fourth-order valence-electron chi connectivity index (χ4n) is 3.88. The highest BCUT2D eigenvalue weighted by Gasteiger charge is 2.44. The first-order chi connectivity index (χ1) is 14.6. The van der Waals surface area contributed by atoms with Gasteiger partial charge >= 0.3 is 12.1 Å². The van der Waals surface area contributed by atoms with Gasteiger partial charge in [0.1, 0.15) is 11.4 Å². The number of hydrogen-bond acceptors (Lipinski definition) is 5. The van der Waals surface area contributed by atoms with Crippen LogP contribution < -0.4 is 0 Å². The molecule has 1 aromatic carbocycles. The Hall–Kier alpha value is -2.90. The number of halogens is 1. The molecule has 0 N–H and O–H groups in total. The first-order valence-electron chi connectivity index (χ1n) is 10.4. The summed E-state index contributed by atoms with van der Waals surface area (Å²) < 4.78 is 25.8. The van der Waals surface area contributed by atoms with Crippen LogP contribution in [0.2, 0.25) is 0 Å². The maximum Gasteiger partial charge on any atom is 0.410 e. The summed E-state index contributed by atoms with van der Waals surface area (Å²) in [7, 11) is 1.39. The summed E-state index contributed by atoms with van der Waals surface area (Å²) in [5.41, 5.74) is 0.516. The quantitative estimate of drug-likeness (QED) is 0.673. The van der Waals surface area contributed by atoms with Gasteiger partial charge in [0, 0.05) is 37.9 Å². The predicted octanol–water partition coefficient (Wildman–Crippen LogP) is 3.80. The number of piperidine rings is 1. The Balaban J connectivity index is 1.73. The first kappa shape index (κ1) is 22.8. The highest BCUT2D eigenvalue weighted by atomic mass is 19.1. The van der Waals surface area contributed by atoms with Crippen LogP contribution in [-0.2, 0) is 27.2 Å². The number of amides is 1. The number of carbonyl (C=O) groups excluding carboxylic acids is 2. The number of imidazole rings is 1. The molecule has 0 aliphatic carbocycles. The lowest BCUT2D eigenvalue weighted by Gasteiger charge is -2.40. The number of carbonyl (C=O) groups is 2. The van der Waals surface area contributed by atoms with Crippen molar-refractivity contribution in [2.45, 2.75) is 52.2 Å². The second-order valence-corrected chi connectivity index (χ2v) is 9.06. The molecule has 1 amide bonds. The summed E-state index contributed by atoms with van der Waals surface area (Å²) in [6.45, 7) is 6.84. The molecular weight excluding hydrogens is 401 g/mol. The summed E-state index contributed by atoms with van der Waals surface area (Å²) in [6, 6.07) is 6.31. The molecule has 0 atom stereocenters. The molecule has 1 saturated heterocycles. The van der Waals surface area contributed by atoms with Gasteiger partial charge in [0.25, 0.3) is 0 Å². The van der Waals surface area contributed by atoms with Crippen LogP contribution in [0.25, 0.3) is 0 Å². The van der Waals surface area contributed by atoms with E-state index in [0.717, 1.165) is 11.3 Å². The summed E-state index contributed by atoms with van der Waals surface area (Å²) in [5.74, 6) is -0.568. The molecule has 8 heteroatoms. The first-order valence-corrected chi connectivity index (χ1v) is 10.4. The van der Waals surface area contributed by atoms with Gasteiger partial charge in [-0.2, -0.15) is 0 Å². The number of esters is 1. The summed E-state index contributed by atoms with van der Waals surface area (Å²) in [4.78, 5) is 31.1. The smallest absolute Gasteiger partial charge is 0.410 e. The Morgan fingerprint density at radius 3 is 2.39 bits per heavy atom. The van der Waals surface area contributed by atoms with Crippen LogP contribution in [0, 0.1) is 11.2 Å². The summed E-state index contributed by atoms with van der Waals surface area (Å²) in [6.07, 6.45) is 4.48. The topological polar surface area (TPSA) is 73.7 Å². The second kappa shape index (κ2) is 9.08. The van der Waals surface area contributed by atoms with E-state index in [1.807, 2.05) is 25.3 Å². The highest BCUT2D eigenvalue weighted by molar-refractivity contribution is 5.78. The Morgan fingerprint density at radius 1 is 1.16 bits per heavy atom. The molecule has 0 spiro atoms. The van der Waals surface area contributed by atoms with Gasteiger partial charge in [-0.3, -0.25) is 4.79 Å². The SMILES string of the molecule is COC(=O)C1(Cc2cncn2Cc2ccc(F)cc2)CCN(C(=O)OC(C)(C)C)CC1. The third kappa shape index (κ3) is 5.62. The minimum absolute atomic E-state index is 0.281. The standard InChI is InChI=1S/C23H30FN3O4/c1-22(2,3)31-21(29)26-11-9-23(10-12-26,20(28)30-4)13-19-14-25-16-27(19)15-17-5-7-18(24)8-6-17/h5-8,14,16H,9-13,15H2,1-4H3. The van der Waals surface area contributed by atoms with E-state index in [4.69, 9.17) is 9.47 Å². The molecule has 1 aromatic heterocycles. The number of rotatable bonds is 5. The van der Waals surface area contributed by atoms with Gasteiger partial charge < -0.3 is 18.9 Å². The highest BCUT2D eigenvalue weighted by Crippen LogP contribution is 2.37. The molecular formula is C23H30FN3O4. The normalized spacial score (nSPS) is 16.1. The molecule has 168 valence electrons. The monoisotopic (exact) mass is 431 g/mol. The van der Waals surface area contributed by atoms with E-state index in [1.54, 1.807) is 29.6 Å². The van der Waals surface area contributed by atoms with Crippen molar-refractivity contribution in [3.63, 3.8) is 0 Å². The number of likely N-dealkylation sites (tertiary alicyclic amines) is 1. The van der Waals surface area contributed by atoms with Gasteiger partial charge in [-0.25, -0.2) is 14.2 Å². The van der Waals surface area contributed by atoms with E-state index in [-0.39, 0.29) is 17.9 Å². The van der Waals surface area contributed by atoms with E-state index in [0.29, 0.717) is 38.9 Å². The molecule has 1 aliphatic heterocycles. The summed E-state index contributed by atoms with van der Waals surface area (Å²) in [5, 5.41) is 0. The van der Waals surface area contributed by atoms with E-state index >= 15 is 0 Å². The zero-order valence-electron chi connectivity index (χ0n) is 18.6. The van der Waals surface area contributed by atoms with E-state index < -0.39 is 11.0 Å². The zero-order chi connectivity index (χ0) is 22.6. The van der Waals surface area contributed by atoms with Crippen molar-refractivity contribution in [1.82, 2.24) is 14.5 Å². The van der Waals surface area contributed by atoms with E-state index in [2.05, 4.69) is 4.98 Å². The van der Waals surface area contributed by atoms with Gasteiger partial charge in [0.15, 0.2) is 0 Å². The van der Waals surface area contributed by atoms with Crippen molar-refractivity contribution in [1.29, 1.82) is 0 Å². The van der Waals surface area contributed by atoms with Crippen LogP contribution in [0.4, 0.5) is 9.18 Å². The fourth-order valence-corrected chi connectivity index (χ4v) is 3.88. The third-order valence-electron chi connectivity index (χ3n) is 5.57. The van der Waals surface area contributed by atoms with Gasteiger partial charge in [-0.15, -0.1) is 0 Å². The number of nitrogens with zero attached hydrogens (tertiary/aromatic N) is 3. The lowest BCUT2D eigenvalue weighted by molar-refractivity contribution is -0.156. The van der Waals surface area contributed by atoms with Gasteiger partial charge in [0.05, 0.1) is 18.9 Å². The van der Waals surface area contributed by atoms with Crippen molar-refractivity contribution >= 4 is 12.1 Å². The van der Waals surface area contributed by atoms with E-state index in [9.17, 15) is 14.0 Å². The van der Waals surface area contributed by atoms with Crippen LogP contribution in [-0.4, -0.2) is 52.3 Å². The average molecular weight is 432 g/mol. The number of ether oxygens (including phenoxy) is 2. The fraction of sp³-hybridized carbons (Fsp3) is 0.522. The van der Waals surface area contributed by atoms with Crippen LogP contribution in [0.3, 0.4) is 0 Å². The molecule has 3 rings (SSSR count). The Labute approximate surface area is 182 Å². The van der Waals surface area contributed by atoms with Crippen molar-refractivity contribution < 1.29 is 23.5 Å². The summed E-state index contributed by atoms with van der Waals surface area (Å²) >= 11 is 0. The van der Waals surface area contributed by atoms with Gasteiger partial charge in [-0.1, -0.05) is 12.1 Å². The van der Waals surface area contributed by atoms with Crippen LogP contribution in [0.5, 0.6) is 0 Å². The molecule has 1 fully saturated rings. The molecule has 0 saturated carbocycles. The molecule has 1 aliphatic rings. The van der Waals surface area contributed by atoms with Gasteiger partial charge in [0.2, 0.25) is 0 Å². The van der Waals surface area contributed by atoms with Crippen LogP contribution >= 0.6 is 0 Å². The average Bonchev–Trinajstić information content (AvgIpc) is 3.14. The Morgan fingerprint density at radius 2 is 1.81 bits per heavy atom. The van der Waals surface area contributed by atoms with Crippen molar-refractivity contribution in [3.05, 3.63) is 53.9 Å². The van der Waals surface area contributed by atoms with Gasteiger partial charge in [-0.05, 0) is 51.3 Å². The Bertz CT molecular complexity index is 910. The Kier molecular flexibility index (Phi) is 6.67. The predicted molar refractivity (Wildman–Crippen MR) is 113 cm³/mol. The lowest BCUT2D eigenvalue weighted by atomic mass is 9.75. The molecule has 2 aromatic rings. The zero-order valence-corrected chi connectivity index (χ0v) is 18.6. The molecule has 0 bridgehead atoms. The van der Waals surface area contributed by atoms with Crippen molar-refractivity contribution in [2.24, 2.45) is 5.41 Å². The minimum Gasteiger partial charge on any atom is -0.469 e. The minimum atomic E-state index is -0.742. The third-order valence-corrected chi connectivity index (χ3v) is 5.57. The number of hydrogen-bond donors (Lipinski definition) is 0. The lowest BCUT2D eigenvalue weighted by Crippen LogP contribution is -2.49. The second-order valence-electron chi connectivity index (χ2n) is 9.06. The molecule has 0 radical (unpaired) electrons. The van der Waals surface area contributed by atoms with E-state index in [1.165, 1.54) is 19.2 Å². The molecule has 0 unspecified atom stereocenters. The molecule has 31 heavy (non-hydrogen) atoms. The maximum absolute atomic E-state index is 13.2. The van der Waals surface area contributed by atoms with Crippen LogP contribution in [0.15, 0.2) is 36.8 Å². The number of aromatic nitrogens is 2. The van der Waals surface area contributed by atoms with Crippen molar-refractivity contribution in [3.8, 4) is 0 Å². The largest absolute Gasteiger partial charge is 0.469 e.